The van der Waals surface area contributed by atoms with Gasteiger partial charge in [-0.3, -0.25) is 0 Å². The van der Waals surface area contributed by atoms with Gasteiger partial charge in [0.2, 0.25) is 0 Å². The molecule has 11 heavy (non-hydrogen) atoms. The third-order valence-electron chi connectivity index (χ3n) is 2.04. The van der Waals surface area contributed by atoms with E-state index in [1.807, 2.05) is 11.8 Å². The Balaban J connectivity index is 2.16. The van der Waals surface area contributed by atoms with E-state index in [2.05, 4.69) is 16.9 Å². The Hall–Kier alpha value is -0.380. The zero-order valence-electron chi connectivity index (χ0n) is 6.94. The van der Waals surface area contributed by atoms with Gasteiger partial charge in [0.25, 0.3) is 0 Å². The molecular formula is C7H14N2OS. The topological polar surface area (TPSA) is 41.1 Å². The minimum atomic E-state index is -0.0784. The fraction of sp³-hybridized carbons (Fsp3) is 0.857. The van der Waals surface area contributed by atoms with Gasteiger partial charge in [-0.1, -0.05) is 0 Å². The molecule has 1 rings (SSSR count). The largest absolute Gasteiger partial charge is 0.341 e. The first-order valence-electron chi connectivity index (χ1n) is 3.73. The third kappa shape index (κ3) is 2.29. The average Bonchev–Trinajstić information content (AvgIpc) is 2.81. The smallest absolute Gasteiger partial charge is 0.314 e. The standard InChI is InChI=1S/C7H14N2OS/c1-8-6(10)9-5-7(11-2)3-4-7/h3-5H2,1-2H3,(H2,8,9,10). The molecule has 64 valence electrons. The van der Waals surface area contributed by atoms with E-state index < -0.39 is 0 Å². The summed E-state index contributed by atoms with van der Waals surface area (Å²) in [6.45, 7) is 0.799. The summed E-state index contributed by atoms with van der Waals surface area (Å²) < 4.78 is 0.368. The summed E-state index contributed by atoms with van der Waals surface area (Å²) in [5.41, 5.74) is 0. The predicted octanol–water partition coefficient (Wildman–Crippen LogP) is 0.811. The molecule has 0 aromatic carbocycles. The number of carbonyl (C=O) groups excluding carboxylic acids is 1. The first kappa shape index (κ1) is 8.71. The number of hydrogen-bond donors (Lipinski definition) is 2. The second-order valence-corrected chi connectivity index (χ2v) is 4.09. The van der Waals surface area contributed by atoms with Crippen molar-refractivity contribution in [3.05, 3.63) is 0 Å². The van der Waals surface area contributed by atoms with Crippen LogP contribution in [0, 0.1) is 0 Å². The molecular weight excluding hydrogens is 160 g/mol. The van der Waals surface area contributed by atoms with Crippen molar-refractivity contribution in [2.75, 3.05) is 19.8 Å². The maximum absolute atomic E-state index is 10.8. The normalized spacial score (nSPS) is 19.1. The van der Waals surface area contributed by atoms with E-state index in [0.29, 0.717) is 4.75 Å². The van der Waals surface area contributed by atoms with Crippen molar-refractivity contribution in [1.29, 1.82) is 0 Å². The van der Waals surface area contributed by atoms with Crippen LogP contribution in [0.25, 0.3) is 0 Å². The van der Waals surface area contributed by atoms with Crippen molar-refractivity contribution in [2.24, 2.45) is 0 Å². The molecule has 0 aliphatic heterocycles. The molecule has 2 N–H and O–H groups in total. The lowest BCUT2D eigenvalue weighted by atomic mass is 10.4. The fourth-order valence-electron chi connectivity index (χ4n) is 0.922. The minimum Gasteiger partial charge on any atom is -0.341 e. The highest BCUT2D eigenvalue weighted by molar-refractivity contribution is 8.00. The summed E-state index contributed by atoms with van der Waals surface area (Å²) >= 11 is 1.85. The van der Waals surface area contributed by atoms with Crippen LogP contribution >= 0.6 is 11.8 Å². The molecule has 0 radical (unpaired) electrons. The Morgan fingerprint density at radius 1 is 1.64 bits per heavy atom. The van der Waals surface area contributed by atoms with Gasteiger partial charge in [-0.15, -0.1) is 0 Å². The lowest BCUT2D eigenvalue weighted by Gasteiger charge is -2.12. The highest BCUT2D eigenvalue weighted by Gasteiger charge is 2.41. The fourth-order valence-corrected chi connectivity index (χ4v) is 1.65. The van der Waals surface area contributed by atoms with Crippen molar-refractivity contribution >= 4 is 17.8 Å². The van der Waals surface area contributed by atoms with Crippen LogP contribution in [-0.2, 0) is 0 Å². The average molecular weight is 174 g/mol. The molecule has 1 fully saturated rings. The van der Waals surface area contributed by atoms with Crippen molar-refractivity contribution in [2.45, 2.75) is 17.6 Å². The van der Waals surface area contributed by atoms with Gasteiger partial charge in [0.15, 0.2) is 0 Å². The zero-order chi connectivity index (χ0) is 8.32. The van der Waals surface area contributed by atoms with Crippen LogP contribution in [0.3, 0.4) is 0 Å². The number of urea groups is 1. The molecule has 0 spiro atoms. The maximum Gasteiger partial charge on any atom is 0.314 e. The minimum absolute atomic E-state index is 0.0784. The summed E-state index contributed by atoms with van der Waals surface area (Å²) in [5.74, 6) is 0. The Labute approximate surface area is 71.3 Å². The predicted molar refractivity (Wildman–Crippen MR) is 47.9 cm³/mol. The van der Waals surface area contributed by atoms with E-state index in [-0.39, 0.29) is 6.03 Å². The maximum atomic E-state index is 10.8. The van der Waals surface area contributed by atoms with Gasteiger partial charge >= 0.3 is 6.03 Å². The Bertz CT molecular complexity index is 157. The van der Waals surface area contributed by atoms with Gasteiger partial charge in [0, 0.05) is 18.3 Å². The van der Waals surface area contributed by atoms with Crippen LogP contribution in [0.1, 0.15) is 12.8 Å². The van der Waals surface area contributed by atoms with E-state index in [9.17, 15) is 4.79 Å². The monoisotopic (exact) mass is 174 g/mol. The summed E-state index contributed by atoms with van der Waals surface area (Å²) in [7, 11) is 1.63. The van der Waals surface area contributed by atoms with Gasteiger partial charge in [0.05, 0.1) is 0 Å². The molecule has 3 nitrogen and oxygen atoms in total. The quantitative estimate of drug-likeness (QED) is 0.665. The zero-order valence-corrected chi connectivity index (χ0v) is 7.75. The Kier molecular flexibility index (Phi) is 2.65. The highest BCUT2D eigenvalue weighted by Crippen LogP contribution is 2.46. The first-order valence-corrected chi connectivity index (χ1v) is 4.96. The van der Waals surface area contributed by atoms with Gasteiger partial charge in [-0.05, 0) is 19.1 Å². The van der Waals surface area contributed by atoms with Crippen LogP contribution in [-0.4, -0.2) is 30.6 Å². The molecule has 1 aliphatic carbocycles. The number of carbonyl (C=O) groups is 1. The number of nitrogens with one attached hydrogen (secondary N) is 2. The molecule has 0 bridgehead atoms. The van der Waals surface area contributed by atoms with Gasteiger partial charge in [-0.25, -0.2) is 4.79 Å². The van der Waals surface area contributed by atoms with E-state index >= 15 is 0 Å². The van der Waals surface area contributed by atoms with Gasteiger partial charge < -0.3 is 10.6 Å². The van der Waals surface area contributed by atoms with Crippen molar-refractivity contribution < 1.29 is 4.79 Å². The van der Waals surface area contributed by atoms with Crippen LogP contribution in [0.4, 0.5) is 4.79 Å². The lowest BCUT2D eigenvalue weighted by Crippen LogP contribution is -2.37. The summed E-state index contributed by atoms with van der Waals surface area (Å²) in [6.07, 6.45) is 4.56. The molecule has 4 heteroatoms. The van der Waals surface area contributed by atoms with Crippen molar-refractivity contribution in [3.8, 4) is 0 Å². The molecule has 0 atom stereocenters. The molecule has 0 saturated heterocycles. The Morgan fingerprint density at radius 3 is 2.64 bits per heavy atom. The van der Waals surface area contributed by atoms with E-state index in [1.165, 1.54) is 12.8 Å². The van der Waals surface area contributed by atoms with Gasteiger partial charge in [0.1, 0.15) is 0 Å². The number of rotatable bonds is 3. The van der Waals surface area contributed by atoms with E-state index in [1.54, 1.807) is 7.05 Å². The van der Waals surface area contributed by atoms with Crippen LogP contribution < -0.4 is 10.6 Å². The van der Waals surface area contributed by atoms with Crippen molar-refractivity contribution in [1.82, 2.24) is 10.6 Å². The van der Waals surface area contributed by atoms with E-state index in [4.69, 9.17) is 0 Å². The molecule has 0 unspecified atom stereocenters. The number of amides is 2. The Morgan fingerprint density at radius 2 is 2.27 bits per heavy atom. The molecule has 0 aromatic heterocycles. The lowest BCUT2D eigenvalue weighted by molar-refractivity contribution is 0.243. The third-order valence-corrected chi connectivity index (χ3v) is 3.46. The SMILES string of the molecule is CNC(=O)NCC1(SC)CC1. The van der Waals surface area contributed by atoms with Crippen molar-refractivity contribution in [3.63, 3.8) is 0 Å². The molecule has 0 heterocycles. The molecule has 2 amide bonds. The summed E-state index contributed by atoms with van der Waals surface area (Å²) in [4.78, 5) is 10.8. The highest BCUT2D eigenvalue weighted by atomic mass is 32.2. The first-order chi connectivity index (χ1) is 5.22. The second-order valence-electron chi connectivity index (χ2n) is 2.82. The summed E-state index contributed by atoms with van der Waals surface area (Å²) in [5, 5.41) is 5.35. The number of thioether (sulfide) groups is 1. The molecule has 1 aliphatic rings. The molecule has 1 saturated carbocycles. The van der Waals surface area contributed by atoms with E-state index in [0.717, 1.165) is 6.54 Å². The van der Waals surface area contributed by atoms with Gasteiger partial charge in [-0.2, -0.15) is 11.8 Å². The number of hydrogen-bond acceptors (Lipinski definition) is 2. The van der Waals surface area contributed by atoms with Crippen LogP contribution in [0.15, 0.2) is 0 Å². The summed E-state index contributed by atoms with van der Waals surface area (Å²) in [6, 6.07) is -0.0784. The van der Waals surface area contributed by atoms with Crippen LogP contribution in [0.5, 0.6) is 0 Å². The molecule has 0 aromatic rings. The van der Waals surface area contributed by atoms with Crippen LogP contribution in [0.2, 0.25) is 0 Å². The second kappa shape index (κ2) is 3.34.